The van der Waals surface area contributed by atoms with Gasteiger partial charge in [0.2, 0.25) is 5.82 Å². The Balaban J connectivity index is 1.87. The zero-order valence-corrected chi connectivity index (χ0v) is 12.2. The Morgan fingerprint density at radius 1 is 1.39 bits per heavy atom. The lowest BCUT2D eigenvalue weighted by molar-refractivity contribution is -0.384. The lowest BCUT2D eigenvalue weighted by Gasteiger charge is -2.28. The average Bonchev–Trinajstić information content (AvgIpc) is 2.51. The molecule has 1 saturated carbocycles. The Morgan fingerprint density at radius 2 is 2.22 bits per heavy atom. The van der Waals surface area contributed by atoms with E-state index >= 15 is 0 Å². The SMILES string of the molecule is N#Cc1cnc(Nc2ncccc2[N+](=O)[O-])cc1NC1CCC1. The molecule has 0 unspecified atom stereocenters. The van der Waals surface area contributed by atoms with E-state index in [2.05, 4.69) is 26.7 Å². The molecule has 2 aromatic heterocycles. The van der Waals surface area contributed by atoms with Gasteiger partial charge in [-0.1, -0.05) is 0 Å². The third kappa shape index (κ3) is 3.18. The maximum absolute atomic E-state index is 11.0. The molecule has 116 valence electrons. The summed E-state index contributed by atoms with van der Waals surface area (Å²) in [6.45, 7) is 0. The number of nitriles is 1. The molecule has 3 rings (SSSR count). The molecular weight excluding hydrogens is 296 g/mol. The van der Waals surface area contributed by atoms with Gasteiger partial charge in [-0.15, -0.1) is 0 Å². The van der Waals surface area contributed by atoms with E-state index in [-0.39, 0.29) is 11.5 Å². The largest absolute Gasteiger partial charge is 0.381 e. The summed E-state index contributed by atoms with van der Waals surface area (Å²) in [7, 11) is 0. The van der Waals surface area contributed by atoms with Crippen molar-refractivity contribution in [1.82, 2.24) is 9.97 Å². The van der Waals surface area contributed by atoms with Gasteiger partial charge in [-0.3, -0.25) is 10.1 Å². The third-order valence-electron chi connectivity index (χ3n) is 3.72. The first-order chi connectivity index (χ1) is 11.2. The number of nitro groups is 1. The summed E-state index contributed by atoms with van der Waals surface area (Å²) in [5.41, 5.74) is 0.985. The summed E-state index contributed by atoms with van der Waals surface area (Å²) in [6, 6.07) is 7.00. The van der Waals surface area contributed by atoms with Crippen LogP contribution in [0.4, 0.5) is 23.0 Å². The summed E-state index contributed by atoms with van der Waals surface area (Å²) in [6.07, 6.45) is 6.23. The lowest BCUT2D eigenvalue weighted by atomic mass is 9.93. The average molecular weight is 310 g/mol. The minimum absolute atomic E-state index is 0.115. The molecule has 1 aliphatic carbocycles. The number of nitrogens with one attached hydrogen (secondary N) is 2. The van der Waals surface area contributed by atoms with Crippen LogP contribution in [0, 0.1) is 21.4 Å². The molecule has 0 spiro atoms. The van der Waals surface area contributed by atoms with Crippen LogP contribution in [-0.4, -0.2) is 20.9 Å². The van der Waals surface area contributed by atoms with Gasteiger partial charge in [-0.2, -0.15) is 5.26 Å². The fourth-order valence-corrected chi connectivity index (χ4v) is 2.27. The monoisotopic (exact) mass is 310 g/mol. The molecule has 0 bridgehead atoms. The highest BCUT2D eigenvalue weighted by Crippen LogP contribution is 2.28. The molecule has 2 heterocycles. The Hall–Kier alpha value is -3.21. The summed E-state index contributed by atoms with van der Waals surface area (Å²) in [5, 5.41) is 26.3. The van der Waals surface area contributed by atoms with Gasteiger partial charge in [-0.05, 0) is 25.3 Å². The van der Waals surface area contributed by atoms with Crippen LogP contribution in [0.3, 0.4) is 0 Å². The molecule has 23 heavy (non-hydrogen) atoms. The van der Waals surface area contributed by atoms with Gasteiger partial charge in [0.25, 0.3) is 0 Å². The molecule has 1 aliphatic rings. The van der Waals surface area contributed by atoms with E-state index in [1.807, 2.05) is 0 Å². The second kappa shape index (κ2) is 6.27. The smallest absolute Gasteiger partial charge is 0.311 e. The molecule has 2 aromatic rings. The van der Waals surface area contributed by atoms with Crippen molar-refractivity contribution < 1.29 is 4.92 Å². The number of nitrogens with zero attached hydrogens (tertiary/aromatic N) is 4. The van der Waals surface area contributed by atoms with Gasteiger partial charge in [0.05, 0.1) is 16.2 Å². The van der Waals surface area contributed by atoms with Crippen molar-refractivity contribution in [2.24, 2.45) is 0 Å². The fourth-order valence-electron chi connectivity index (χ4n) is 2.27. The summed E-state index contributed by atoms with van der Waals surface area (Å²) in [4.78, 5) is 18.6. The van der Waals surface area contributed by atoms with E-state index in [0.717, 1.165) is 12.8 Å². The fraction of sp³-hybridized carbons (Fsp3) is 0.267. The maximum Gasteiger partial charge on any atom is 0.311 e. The zero-order valence-electron chi connectivity index (χ0n) is 12.2. The first-order valence-corrected chi connectivity index (χ1v) is 7.20. The van der Waals surface area contributed by atoms with Crippen LogP contribution < -0.4 is 10.6 Å². The Labute approximate surface area is 132 Å². The zero-order chi connectivity index (χ0) is 16.2. The van der Waals surface area contributed by atoms with Crippen LogP contribution in [-0.2, 0) is 0 Å². The number of anilines is 3. The molecule has 1 fully saturated rings. The first-order valence-electron chi connectivity index (χ1n) is 7.20. The van der Waals surface area contributed by atoms with Gasteiger partial charge >= 0.3 is 5.69 Å². The number of aromatic nitrogens is 2. The predicted octanol–water partition coefficient (Wildman–Crippen LogP) is 2.96. The normalized spacial score (nSPS) is 13.7. The second-order valence-electron chi connectivity index (χ2n) is 5.25. The standard InChI is InChI=1S/C15H14N6O2/c16-8-10-9-18-14(7-12(10)19-11-3-1-4-11)20-15-13(21(22)23)5-2-6-17-15/h2,5-7,9,11H,1,3-4H2,(H2,17,18,19,20). The van der Waals surface area contributed by atoms with Gasteiger partial charge in [0.1, 0.15) is 11.9 Å². The van der Waals surface area contributed by atoms with Crippen LogP contribution >= 0.6 is 0 Å². The first kappa shape index (κ1) is 14.7. The van der Waals surface area contributed by atoms with E-state index in [4.69, 9.17) is 5.26 Å². The Bertz CT molecular complexity index is 782. The van der Waals surface area contributed by atoms with Crippen molar-refractivity contribution in [3.05, 3.63) is 46.3 Å². The van der Waals surface area contributed by atoms with Crippen LogP contribution in [0.5, 0.6) is 0 Å². The van der Waals surface area contributed by atoms with E-state index < -0.39 is 4.92 Å². The third-order valence-corrected chi connectivity index (χ3v) is 3.72. The van der Waals surface area contributed by atoms with E-state index in [0.29, 0.717) is 23.1 Å². The molecule has 0 aliphatic heterocycles. The molecular formula is C15H14N6O2. The number of hydrogen-bond acceptors (Lipinski definition) is 7. The Kier molecular flexibility index (Phi) is 4.01. The van der Waals surface area contributed by atoms with Gasteiger partial charge in [-0.25, -0.2) is 9.97 Å². The van der Waals surface area contributed by atoms with Crippen molar-refractivity contribution >= 4 is 23.0 Å². The van der Waals surface area contributed by atoms with Crippen LogP contribution in [0.25, 0.3) is 0 Å². The second-order valence-corrected chi connectivity index (χ2v) is 5.25. The molecule has 0 aromatic carbocycles. The molecule has 0 atom stereocenters. The summed E-state index contributed by atoms with van der Waals surface area (Å²) in [5.74, 6) is 0.511. The summed E-state index contributed by atoms with van der Waals surface area (Å²) < 4.78 is 0. The van der Waals surface area contributed by atoms with Crippen molar-refractivity contribution in [2.45, 2.75) is 25.3 Å². The maximum atomic E-state index is 11.0. The van der Waals surface area contributed by atoms with Crippen LogP contribution in [0.2, 0.25) is 0 Å². The molecule has 2 N–H and O–H groups in total. The van der Waals surface area contributed by atoms with E-state index in [1.54, 1.807) is 6.07 Å². The number of rotatable bonds is 5. The van der Waals surface area contributed by atoms with E-state index in [1.165, 1.54) is 30.9 Å². The highest BCUT2D eigenvalue weighted by molar-refractivity contribution is 5.68. The minimum Gasteiger partial charge on any atom is -0.381 e. The minimum atomic E-state index is -0.507. The van der Waals surface area contributed by atoms with Crippen LogP contribution in [0.1, 0.15) is 24.8 Å². The Morgan fingerprint density at radius 3 is 2.87 bits per heavy atom. The van der Waals surface area contributed by atoms with Crippen molar-refractivity contribution in [3.8, 4) is 6.07 Å². The summed E-state index contributed by atoms with van der Waals surface area (Å²) >= 11 is 0. The van der Waals surface area contributed by atoms with Crippen molar-refractivity contribution in [1.29, 1.82) is 5.26 Å². The molecule has 8 heteroatoms. The molecule has 0 amide bonds. The predicted molar refractivity (Wildman–Crippen MR) is 84.4 cm³/mol. The number of pyridine rings is 2. The highest BCUT2D eigenvalue weighted by atomic mass is 16.6. The lowest BCUT2D eigenvalue weighted by Crippen LogP contribution is -2.27. The van der Waals surface area contributed by atoms with Gasteiger partial charge in [0.15, 0.2) is 0 Å². The van der Waals surface area contributed by atoms with Crippen molar-refractivity contribution in [3.63, 3.8) is 0 Å². The molecule has 0 radical (unpaired) electrons. The highest BCUT2D eigenvalue weighted by Gasteiger charge is 2.19. The van der Waals surface area contributed by atoms with Gasteiger partial charge in [0, 0.05) is 30.6 Å². The molecule has 8 nitrogen and oxygen atoms in total. The van der Waals surface area contributed by atoms with Crippen molar-refractivity contribution in [2.75, 3.05) is 10.6 Å². The van der Waals surface area contributed by atoms with Gasteiger partial charge < -0.3 is 10.6 Å². The van der Waals surface area contributed by atoms with E-state index in [9.17, 15) is 10.1 Å². The van der Waals surface area contributed by atoms with Crippen LogP contribution in [0.15, 0.2) is 30.6 Å². The topological polar surface area (TPSA) is 117 Å². The molecule has 0 saturated heterocycles. The quantitative estimate of drug-likeness (QED) is 0.644. The number of hydrogen-bond donors (Lipinski definition) is 2.